The molecular weight excluding hydrogens is 336 g/mol. The minimum atomic E-state index is 0.245. The standard InChI is InChI=1S/C22H30N4O/c1-17(2)22-23-10-14-25(22)15-18-7-11-24(12-8-18)16-21(27)26-13-9-19-5-3-4-6-20(19)26/h3-6,10,14,17-18H,7-9,11-13,15-16H2,1-2H3. The number of likely N-dealkylation sites (tertiary alicyclic amines) is 1. The van der Waals surface area contributed by atoms with E-state index in [-0.39, 0.29) is 5.91 Å². The van der Waals surface area contributed by atoms with Gasteiger partial charge in [-0.3, -0.25) is 9.69 Å². The highest BCUT2D eigenvalue weighted by atomic mass is 16.2. The van der Waals surface area contributed by atoms with Gasteiger partial charge in [0, 0.05) is 37.1 Å². The first-order valence-corrected chi connectivity index (χ1v) is 10.2. The average molecular weight is 367 g/mol. The number of fused-ring (bicyclic) bond motifs is 1. The van der Waals surface area contributed by atoms with Crippen LogP contribution >= 0.6 is 0 Å². The summed E-state index contributed by atoms with van der Waals surface area (Å²) in [7, 11) is 0. The Morgan fingerprint density at radius 1 is 1.19 bits per heavy atom. The first kappa shape index (κ1) is 18.2. The van der Waals surface area contributed by atoms with Gasteiger partial charge in [-0.1, -0.05) is 32.0 Å². The van der Waals surface area contributed by atoms with Crippen molar-refractivity contribution < 1.29 is 4.79 Å². The molecule has 0 unspecified atom stereocenters. The summed E-state index contributed by atoms with van der Waals surface area (Å²) < 4.78 is 2.32. The predicted octanol–water partition coefficient (Wildman–Crippen LogP) is 3.31. The molecule has 144 valence electrons. The summed E-state index contributed by atoms with van der Waals surface area (Å²) in [4.78, 5) is 21.6. The average Bonchev–Trinajstić information content (AvgIpc) is 3.30. The molecule has 2 aliphatic rings. The van der Waals surface area contributed by atoms with Crippen LogP contribution < -0.4 is 4.90 Å². The van der Waals surface area contributed by atoms with Gasteiger partial charge in [0.15, 0.2) is 0 Å². The summed E-state index contributed by atoms with van der Waals surface area (Å²) in [5.74, 6) is 2.56. The number of piperidine rings is 1. The minimum Gasteiger partial charge on any atom is -0.334 e. The number of hydrogen-bond donors (Lipinski definition) is 0. The fourth-order valence-electron chi connectivity index (χ4n) is 4.46. The normalized spacial score (nSPS) is 18.3. The number of amides is 1. The van der Waals surface area contributed by atoms with E-state index in [1.165, 1.54) is 11.4 Å². The molecule has 1 fully saturated rings. The van der Waals surface area contributed by atoms with E-state index in [2.05, 4.69) is 52.7 Å². The molecule has 0 aliphatic carbocycles. The highest BCUT2D eigenvalue weighted by Gasteiger charge is 2.27. The Balaban J connectivity index is 1.29. The highest BCUT2D eigenvalue weighted by Crippen LogP contribution is 2.28. The second kappa shape index (κ2) is 7.85. The number of para-hydroxylation sites is 1. The van der Waals surface area contributed by atoms with Crippen LogP contribution in [0.1, 0.15) is 44.0 Å². The maximum atomic E-state index is 12.8. The molecule has 0 bridgehead atoms. The van der Waals surface area contributed by atoms with Gasteiger partial charge in [-0.05, 0) is 49.9 Å². The second-order valence-electron chi connectivity index (χ2n) is 8.24. The largest absolute Gasteiger partial charge is 0.334 e. The van der Waals surface area contributed by atoms with Crippen LogP contribution in [0, 0.1) is 5.92 Å². The van der Waals surface area contributed by atoms with Gasteiger partial charge in [-0.15, -0.1) is 0 Å². The van der Waals surface area contributed by atoms with E-state index in [4.69, 9.17) is 0 Å². The predicted molar refractivity (Wildman–Crippen MR) is 108 cm³/mol. The van der Waals surface area contributed by atoms with Crippen LogP contribution in [0.25, 0.3) is 0 Å². The Morgan fingerprint density at radius 2 is 1.96 bits per heavy atom. The fourth-order valence-corrected chi connectivity index (χ4v) is 4.46. The third kappa shape index (κ3) is 3.93. The molecule has 4 rings (SSSR count). The zero-order valence-electron chi connectivity index (χ0n) is 16.5. The number of carbonyl (C=O) groups is 1. The van der Waals surface area contributed by atoms with Crippen molar-refractivity contribution in [2.24, 2.45) is 5.92 Å². The number of nitrogens with zero attached hydrogens (tertiary/aromatic N) is 4. The number of rotatable bonds is 5. The molecular formula is C22H30N4O. The number of carbonyl (C=O) groups excluding carboxylic acids is 1. The Morgan fingerprint density at radius 3 is 2.74 bits per heavy atom. The van der Waals surface area contributed by atoms with Crippen molar-refractivity contribution in [1.82, 2.24) is 14.5 Å². The number of imidazole rings is 1. The molecule has 0 N–H and O–H groups in total. The van der Waals surface area contributed by atoms with Crippen molar-refractivity contribution in [3.8, 4) is 0 Å². The first-order chi connectivity index (χ1) is 13.1. The lowest BCUT2D eigenvalue weighted by Gasteiger charge is -2.33. The van der Waals surface area contributed by atoms with E-state index in [0.29, 0.717) is 18.4 Å². The molecule has 0 radical (unpaired) electrons. The van der Waals surface area contributed by atoms with Gasteiger partial charge < -0.3 is 9.47 Å². The fraction of sp³-hybridized carbons (Fsp3) is 0.545. The summed E-state index contributed by atoms with van der Waals surface area (Å²) in [6.07, 6.45) is 7.30. The van der Waals surface area contributed by atoms with Gasteiger partial charge >= 0.3 is 0 Å². The van der Waals surface area contributed by atoms with E-state index in [9.17, 15) is 4.79 Å². The lowest BCUT2D eigenvalue weighted by Crippen LogP contribution is -2.43. The molecule has 1 amide bonds. The molecule has 0 atom stereocenters. The topological polar surface area (TPSA) is 41.4 Å². The molecule has 1 aromatic carbocycles. The smallest absolute Gasteiger partial charge is 0.241 e. The van der Waals surface area contributed by atoms with E-state index in [1.54, 1.807) is 0 Å². The van der Waals surface area contributed by atoms with Gasteiger partial charge in [-0.2, -0.15) is 0 Å². The number of hydrogen-bond acceptors (Lipinski definition) is 3. The van der Waals surface area contributed by atoms with E-state index < -0.39 is 0 Å². The molecule has 2 aromatic rings. The van der Waals surface area contributed by atoms with Crippen LogP contribution in [0.2, 0.25) is 0 Å². The Kier molecular flexibility index (Phi) is 5.30. The summed E-state index contributed by atoms with van der Waals surface area (Å²) in [5.41, 5.74) is 2.41. The monoisotopic (exact) mass is 366 g/mol. The Labute approximate surface area is 162 Å². The van der Waals surface area contributed by atoms with E-state index in [1.807, 2.05) is 17.2 Å². The summed E-state index contributed by atoms with van der Waals surface area (Å²) in [5, 5.41) is 0. The van der Waals surface area contributed by atoms with E-state index in [0.717, 1.165) is 51.1 Å². The second-order valence-corrected chi connectivity index (χ2v) is 8.24. The van der Waals surface area contributed by atoms with Gasteiger partial charge in [0.05, 0.1) is 6.54 Å². The van der Waals surface area contributed by atoms with Crippen molar-refractivity contribution in [3.05, 3.63) is 48.0 Å². The zero-order chi connectivity index (χ0) is 18.8. The Bertz CT molecular complexity index is 789. The third-order valence-corrected chi connectivity index (χ3v) is 5.97. The van der Waals surface area contributed by atoms with E-state index >= 15 is 0 Å². The summed E-state index contributed by atoms with van der Waals surface area (Å²) >= 11 is 0. The molecule has 27 heavy (non-hydrogen) atoms. The van der Waals surface area contributed by atoms with Gasteiger partial charge in [0.25, 0.3) is 0 Å². The quantitative estimate of drug-likeness (QED) is 0.815. The molecule has 0 spiro atoms. The van der Waals surface area contributed by atoms with Crippen LogP contribution in [0.4, 0.5) is 5.69 Å². The molecule has 5 heteroatoms. The van der Waals surface area contributed by atoms with Crippen molar-refractivity contribution in [2.75, 3.05) is 31.1 Å². The Hall–Kier alpha value is -2.14. The maximum absolute atomic E-state index is 12.8. The summed E-state index contributed by atoms with van der Waals surface area (Å²) in [6.45, 7) is 8.84. The molecule has 0 saturated carbocycles. The van der Waals surface area contributed by atoms with Crippen LogP contribution in [0.5, 0.6) is 0 Å². The van der Waals surface area contributed by atoms with Crippen molar-refractivity contribution in [1.29, 1.82) is 0 Å². The minimum absolute atomic E-state index is 0.245. The molecule has 3 heterocycles. The number of benzene rings is 1. The summed E-state index contributed by atoms with van der Waals surface area (Å²) in [6, 6.07) is 8.29. The van der Waals surface area contributed by atoms with Crippen molar-refractivity contribution in [2.45, 2.75) is 45.6 Å². The molecule has 1 saturated heterocycles. The van der Waals surface area contributed by atoms with Gasteiger partial charge in [0.1, 0.15) is 5.82 Å². The first-order valence-electron chi connectivity index (χ1n) is 10.2. The number of aromatic nitrogens is 2. The van der Waals surface area contributed by atoms with Gasteiger partial charge in [0.2, 0.25) is 5.91 Å². The number of anilines is 1. The molecule has 2 aliphatic heterocycles. The zero-order valence-corrected chi connectivity index (χ0v) is 16.5. The lowest BCUT2D eigenvalue weighted by atomic mass is 9.96. The van der Waals surface area contributed by atoms with Gasteiger partial charge in [-0.25, -0.2) is 4.98 Å². The van der Waals surface area contributed by atoms with Crippen LogP contribution in [-0.2, 0) is 17.8 Å². The lowest BCUT2D eigenvalue weighted by molar-refractivity contribution is -0.120. The van der Waals surface area contributed by atoms with Crippen molar-refractivity contribution >= 4 is 11.6 Å². The molecule has 1 aromatic heterocycles. The van der Waals surface area contributed by atoms with Crippen LogP contribution in [0.3, 0.4) is 0 Å². The highest BCUT2D eigenvalue weighted by molar-refractivity contribution is 5.96. The maximum Gasteiger partial charge on any atom is 0.241 e. The molecule has 5 nitrogen and oxygen atoms in total. The third-order valence-electron chi connectivity index (χ3n) is 5.97. The van der Waals surface area contributed by atoms with Crippen LogP contribution in [-0.4, -0.2) is 46.5 Å². The SMILES string of the molecule is CC(C)c1nccn1CC1CCN(CC(=O)N2CCc3ccccc32)CC1. The van der Waals surface area contributed by atoms with Crippen molar-refractivity contribution in [3.63, 3.8) is 0 Å². The van der Waals surface area contributed by atoms with Crippen LogP contribution in [0.15, 0.2) is 36.7 Å².